The zero-order valence-corrected chi connectivity index (χ0v) is 11.3. The van der Waals surface area contributed by atoms with Gasteiger partial charge in [0, 0.05) is 19.6 Å². The molecule has 0 amide bonds. The van der Waals surface area contributed by atoms with Crippen LogP contribution < -0.4 is 15.2 Å². The van der Waals surface area contributed by atoms with Crippen LogP contribution in [0.5, 0.6) is 11.5 Å². The van der Waals surface area contributed by atoms with Crippen LogP contribution in [0, 0.1) is 11.3 Å². The molecule has 0 saturated heterocycles. The molecule has 19 heavy (non-hydrogen) atoms. The number of methoxy groups -OCH3 is 2. The van der Waals surface area contributed by atoms with Gasteiger partial charge in [-0.1, -0.05) is 0 Å². The standard InChI is InChI=1S/C14H19N3O2/c1-18-13-5-10-3-4-17(9-12(16)7-15)8-11(10)6-14(13)19-2/h5-6,12H,3-4,8-9,16H2,1-2H3. The lowest BCUT2D eigenvalue weighted by atomic mass is 9.98. The van der Waals surface area contributed by atoms with E-state index < -0.39 is 6.04 Å². The highest BCUT2D eigenvalue weighted by Gasteiger charge is 2.20. The first kappa shape index (κ1) is 13.7. The summed E-state index contributed by atoms with van der Waals surface area (Å²) in [5.41, 5.74) is 8.17. The Morgan fingerprint density at radius 2 is 1.95 bits per heavy atom. The van der Waals surface area contributed by atoms with Crippen LogP contribution in [0.1, 0.15) is 11.1 Å². The van der Waals surface area contributed by atoms with Gasteiger partial charge >= 0.3 is 0 Å². The maximum absolute atomic E-state index is 8.77. The minimum absolute atomic E-state index is 0.429. The lowest BCUT2D eigenvalue weighted by molar-refractivity contribution is 0.248. The molecule has 1 aromatic carbocycles. The van der Waals surface area contributed by atoms with E-state index in [1.165, 1.54) is 11.1 Å². The van der Waals surface area contributed by atoms with E-state index in [0.717, 1.165) is 31.0 Å². The Morgan fingerprint density at radius 1 is 1.32 bits per heavy atom. The number of fused-ring (bicyclic) bond motifs is 1. The van der Waals surface area contributed by atoms with Gasteiger partial charge in [0.1, 0.15) is 6.04 Å². The van der Waals surface area contributed by atoms with Crippen LogP contribution >= 0.6 is 0 Å². The number of nitrogens with zero attached hydrogens (tertiary/aromatic N) is 2. The zero-order valence-electron chi connectivity index (χ0n) is 11.3. The van der Waals surface area contributed by atoms with Gasteiger partial charge in [0.2, 0.25) is 0 Å². The molecule has 1 aliphatic heterocycles. The third-order valence-electron chi connectivity index (χ3n) is 3.42. The summed E-state index contributed by atoms with van der Waals surface area (Å²) in [5.74, 6) is 1.51. The van der Waals surface area contributed by atoms with E-state index in [1.54, 1.807) is 14.2 Å². The fourth-order valence-corrected chi connectivity index (χ4v) is 2.42. The van der Waals surface area contributed by atoms with Crippen molar-refractivity contribution in [3.63, 3.8) is 0 Å². The van der Waals surface area contributed by atoms with E-state index in [0.29, 0.717) is 6.54 Å². The SMILES string of the molecule is COc1cc2c(cc1OC)CN(CC(N)C#N)CC2. The van der Waals surface area contributed by atoms with Crippen molar-refractivity contribution in [2.45, 2.75) is 19.0 Å². The zero-order chi connectivity index (χ0) is 13.8. The molecule has 0 fully saturated rings. The third kappa shape index (κ3) is 2.98. The summed E-state index contributed by atoms with van der Waals surface area (Å²) in [6.45, 7) is 2.31. The molecule has 2 N–H and O–H groups in total. The molecule has 5 nitrogen and oxygen atoms in total. The van der Waals surface area contributed by atoms with Gasteiger partial charge in [-0.3, -0.25) is 4.90 Å². The molecular weight excluding hydrogens is 242 g/mol. The van der Waals surface area contributed by atoms with Crippen molar-refractivity contribution < 1.29 is 9.47 Å². The average Bonchev–Trinajstić information content (AvgIpc) is 2.45. The molecule has 5 heteroatoms. The van der Waals surface area contributed by atoms with Gasteiger partial charge in [0.05, 0.1) is 20.3 Å². The fraction of sp³-hybridized carbons (Fsp3) is 0.500. The first-order valence-electron chi connectivity index (χ1n) is 6.29. The summed E-state index contributed by atoms with van der Waals surface area (Å²) in [6.07, 6.45) is 0.938. The predicted octanol–water partition coefficient (Wildman–Crippen LogP) is 0.913. The number of nitriles is 1. The Balaban J connectivity index is 2.18. The molecule has 0 aromatic heterocycles. The molecule has 0 spiro atoms. The van der Waals surface area contributed by atoms with Gasteiger partial charge in [-0.05, 0) is 29.7 Å². The number of ether oxygens (including phenoxy) is 2. The van der Waals surface area contributed by atoms with Crippen LogP contribution in [0.3, 0.4) is 0 Å². The van der Waals surface area contributed by atoms with Crippen molar-refractivity contribution in [1.29, 1.82) is 5.26 Å². The second kappa shape index (κ2) is 5.91. The van der Waals surface area contributed by atoms with Gasteiger partial charge in [-0.2, -0.15) is 5.26 Å². The van der Waals surface area contributed by atoms with Crippen LogP contribution in [0.15, 0.2) is 12.1 Å². The first-order valence-corrected chi connectivity index (χ1v) is 6.29. The van der Waals surface area contributed by atoms with Crippen molar-refractivity contribution in [3.05, 3.63) is 23.3 Å². The van der Waals surface area contributed by atoms with Crippen LogP contribution in [-0.4, -0.2) is 38.3 Å². The van der Waals surface area contributed by atoms with Crippen molar-refractivity contribution in [2.75, 3.05) is 27.3 Å². The van der Waals surface area contributed by atoms with Gasteiger partial charge in [-0.25, -0.2) is 0 Å². The Labute approximate surface area is 113 Å². The quantitative estimate of drug-likeness (QED) is 0.872. The number of rotatable bonds is 4. The van der Waals surface area contributed by atoms with E-state index in [1.807, 2.05) is 12.1 Å². The molecule has 0 radical (unpaired) electrons. The van der Waals surface area contributed by atoms with Crippen LogP contribution in [0.2, 0.25) is 0 Å². The summed E-state index contributed by atoms with van der Waals surface area (Å²) in [6, 6.07) is 5.69. The predicted molar refractivity (Wildman–Crippen MR) is 72.1 cm³/mol. The van der Waals surface area contributed by atoms with Crippen molar-refractivity contribution in [2.24, 2.45) is 5.73 Å². The molecule has 1 aromatic rings. The van der Waals surface area contributed by atoms with Gasteiger partial charge in [-0.15, -0.1) is 0 Å². The summed E-state index contributed by atoms with van der Waals surface area (Å²) in [4.78, 5) is 2.20. The molecule has 102 valence electrons. The smallest absolute Gasteiger partial charge is 0.161 e. The second-order valence-electron chi connectivity index (χ2n) is 4.70. The van der Waals surface area contributed by atoms with Crippen LogP contribution in [-0.2, 0) is 13.0 Å². The van der Waals surface area contributed by atoms with E-state index in [-0.39, 0.29) is 0 Å². The minimum atomic E-state index is -0.429. The Morgan fingerprint density at radius 3 is 2.53 bits per heavy atom. The monoisotopic (exact) mass is 261 g/mol. The van der Waals surface area contributed by atoms with Crippen molar-refractivity contribution >= 4 is 0 Å². The number of hydrogen-bond acceptors (Lipinski definition) is 5. The topological polar surface area (TPSA) is 71.5 Å². The summed E-state index contributed by atoms with van der Waals surface area (Å²) >= 11 is 0. The summed E-state index contributed by atoms with van der Waals surface area (Å²) < 4.78 is 10.6. The highest BCUT2D eigenvalue weighted by Crippen LogP contribution is 2.33. The molecule has 1 aliphatic rings. The maximum Gasteiger partial charge on any atom is 0.161 e. The van der Waals surface area contributed by atoms with E-state index in [2.05, 4.69) is 11.0 Å². The molecule has 0 bridgehead atoms. The van der Waals surface area contributed by atoms with E-state index >= 15 is 0 Å². The van der Waals surface area contributed by atoms with Gasteiger partial charge in [0.25, 0.3) is 0 Å². The Bertz CT molecular complexity index is 496. The molecular formula is C14H19N3O2. The Kier molecular flexibility index (Phi) is 4.25. The average molecular weight is 261 g/mol. The van der Waals surface area contributed by atoms with Crippen molar-refractivity contribution in [3.8, 4) is 17.6 Å². The molecule has 1 heterocycles. The number of benzene rings is 1. The third-order valence-corrected chi connectivity index (χ3v) is 3.42. The Hall–Kier alpha value is -1.77. The van der Waals surface area contributed by atoms with Crippen molar-refractivity contribution in [1.82, 2.24) is 4.90 Å². The van der Waals surface area contributed by atoms with E-state index in [9.17, 15) is 0 Å². The van der Waals surface area contributed by atoms with E-state index in [4.69, 9.17) is 20.5 Å². The molecule has 2 rings (SSSR count). The normalized spacial score (nSPS) is 16.3. The summed E-state index contributed by atoms with van der Waals surface area (Å²) in [7, 11) is 3.28. The van der Waals surface area contributed by atoms with Crippen LogP contribution in [0.4, 0.5) is 0 Å². The molecule has 0 saturated carbocycles. The van der Waals surface area contributed by atoms with Gasteiger partial charge < -0.3 is 15.2 Å². The number of nitrogens with two attached hydrogens (primary N) is 1. The minimum Gasteiger partial charge on any atom is -0.493 e. The largest absolute Gasteiger partial charge is 0.493 e. The van der Waals surface area contributed by atoms with Crippen LogP contribution in [0.25, 0.3) is 0 Å². The second-order valence-corrected chi connectivity index (χ2v) is 4.70. The summed E-state index contributed by atoms with van der Waals surface area (Å²) in [5, 5.41) is 8.77. The fourth-order valence-electron chi connectivity index (χ4n) is 2.42. The van der Waals surface area contributed by atoms with Gasteiger partial charge in [0.15, 0.2) is 11.5 Å². The highest BCUT2D eigenvalue weighted by atomic mass is 16.5. The first-order chi connectivity index (χ1) is 9.17. The molecule has 0 aliphatic carbocycles. The molecule has 1 unspecified atom stereocenters. The molecule has 1 atom stereocenters. The number of hydrogen-bond donors (Lipinski definition) is 1. The highest BCUT2D eigenvalue weighted by molar-refractivity contribution is 5.48. The lowest BCUT2D eigenvalue weighted by Crippen LogP contribution is -2.39. The maximum atomic E-state index is 8.77. The lowest BCUT2D eigenvalue weighted by Gasteiger charge is -2.30.